The zero-order chi connectivity index (χ0) is 37.5. The quantitative estimate of drug-likeness (QED) is 0.285. The van der Waals surface area contributed by atoms with Crippen LogP contribution in [-0.2, 0) is 31.4 Å². The van der Waals surface area contributed by atoms with Crippen LogP contribution in [0.2, 0.25) is 5.02 Å². The number of likely N-dealkylation sites (tertiary alicyclic amines) is 1. The number of allylic oxidation sites excluding steroid dienone is 1. The molecule has 8 atom stereocenters. The average Bonchev–Trinajstić information content (AvgIpc) is 3.67. The summed E-state index contributed by atoms with van der Waals surface area (Å²) in [7, 11) is -0.186. The Bertz CT molecular complexity index is 1830. The van der Waals surface area contributed by atoms with Gasteiger partial charge >= 0.3 is 0 Å². The van der Waals surface area contributed by atoms with Crippen molar-refractivity contribution in [2.75, 3.05) is 64.9 Å². The maximum Gasteiger partial charge on any atom is 0.264 e. The smallest absolute Gasteiger partial charge is 0.264 e. The van der Waals surface area contributed by atoms with Gasteiger partial charge in [0.2, 0.25) is 10.0 Å². The molecule has 1 saturated carbocycles. The minimum atomic E-state index is -3.97. The van der Waals surface area contributed by atoms with Gasteiger partial charge in [0.15, 0.2) is 6.29 Å². The van der Waals surface area contributed by atoms with Crippen LogP contribution in [0.4, 0.5) is 5.69 Å². The van der Waals surface area contributed by atoms with E-state index in [0.29, 0.717) is 36.9 Å². The van der Waals surface area contributed by atoms with E-state index in [1.807, 2.05) is 25.1 Å². The lowest BCUT2D eigenvalue weighted by Crippen LogP contribution is -2.53. The molecule has 4 heterocycles. The first kappa shape index (κ1) is 40.7. The van der Waals surface area contributed by atoms with Gasteiger partial charge in [0.1, 0.15) is 11.4 Å². The molecule has 3 fully saturated rings. The van der Waals surface area contributed by atoms with Crippen LogP contribution < -0.4 is 19.7 Å². The van der Waals surface area contributed by atoms with Gasteiger partial charge < -0.3 is 24.6 Å². The Morgan fingerprint density at radius 1 is 1.04 bits per heavy atom. The molecular weight excluding hydrogens is 724 g/mol. The van der Waals surface area contributed by atoms with Crippen LogP contribution in [0.1, 0.15) is 74.9 Å². The Kier molecular flexibility index (Phi) is 12.3. The fourth-order valence-electron chi connectivity index (χ4n) is 9.77. The largest absolute Gasteiger partial charge is 0.490 e. The molecule has 2 N–H and O–H groups in total. The number of anilines is 1. The maximum atomic E-state index is 13.4. The molecule has 1 spiro atoms. The second-order valence-corrected chi connectivity index (χ2v) is 19.1. The molecule has 0 unspecified atom stereocenters. The van der Waals surface area contributed by atoms with Gasteiger partial charge in [-0.15, -0.1) is 0 Å². The molecule has 0 aromatic heterocycles. The van der Waals surface area contributed by atoms with E-state index in [-0.39, 0.29) is 36.2 Å². The molecule has 2 bridgehead atoms. The first-order valence-corrected chi connectivity index (χ1v) is 21.2. The van der Waals surface area contributed by atoms with Crippen molar-refractivity contribution in [1.29, 1.82) is 0 Å². The minimum absolute atomic E-state index is 0. The Morgan fingerprint density at radius 3 is 2.48 bits per heavy atom. The zero-order valence-electron chi connectivity index (χ0n) is 31.5. The van der Waals surface area contributed by atoms with Gasteiger partial charge in [0.25, 0.3) is 5.91 Å². The standard InChI is InChI=1S/C34H41ClN2O6S.C7H14N2.CH4/c1-22-6-4-15-34(20-38,42-3)29-11-8-26(29)18-37-19-33(14-5-7-24-16-27(35)10-12-28(24)33)21-43-31-13-9-25(17-30(31)37)32(39)36-44(40,41)23(22)2;1-9-4-6-2-8-3-7(6)5-9;/h4,9-10,12-13,15-17,20,22-23,26,29H,5-8,11,14,18-19,21H2,1-3H3,(H,36,39);6-8H,2-5H2,1H3;1H4/b15-4+;;/t22-,23+,26-,29+,33-,34-;6-,7+;/m0../s1. The summed E-state index contributed by atoms with van der Waals surface area (Å²) < 4.78 is 41.3. The SMILES string of the molecule is C.CN1C[C@H]2CNC[C@H]2C1.CO[C@]1(C=O)/C=C/C[C@H](C)[C@@H](C)S(=O)(=O)NC(=O)c2ccc3c(c2)N(C[C@@H]2CC[C@H]21)C[C@@]1(CCCc2cc(Cl)ccc21)CO3. The van der Waals surface area contributed by atoms with E-state index >= 15 is 0 Å². The van der Waals surface area contributed by atoms with E-state index in [0.717, 1.165) is 55.9 Å². The number of ether oxygens (including phenoxy) is 2. The van der Waals surface area contributed by atoms with E-state index in [1.165, 1.54) is 37.3 Å². The fraction of sp³-hybridized carbons (Fsp3) is 0.619. The molecule has 1 amide bonds. The van der Waals surface area contributed by atoms with Gasteiger partial charge in [-0.1, -0.05) is 38.1 Å². The van der Waals surface area contributed by atoms with E-state index in [2.05, 4.69) is 39.0 Å². The van der Waals surface area contributed by atoms with Crippen molar-refractivity contribution in [1.82, 2.24) is 14.9 Å². The summed E-state index contributed by atoms with van der Waals surface area (Å²) in [5, 5.41) is 3.30. The lowest BCUT2D eigenvalue weighted by molar-refractivity contribution is -0.135. The Labute approximate surface area is 327 Å². The van der Waals surface area contributed by atoms with E-state index in [9.17, 15) is 18.0 Å². The maximum absolute atomic E-state index is 13.4. The van der Waals surface area contributed by atoms with Crippen LogP contribution >= 0.6 is 11.6 Å². The van der Waals surface area contributed by atoms with Crippen molar-refractivity contribution in [2.24, 2.45) is 29.6 Å². The van der Waals surface area contributed by atoms with Crippen LogP contribution in [0.3, 0.4) is 0 Å². The molecule has 2 aromatic carbocycles. The molecule has 0 radical (unpaired) electrons. The van der Waals surface area contributed by atoms with Crippen molar-refractivity contribution in [3.63, 3.8) is 0 Å². The van der Waals surface area contributed by atoms with Crippen molar-refractivity contribution in [3.05, 3.63) is 70.3 Å². The normalized spacial score (nSPS) is 34.9. The summed E-state index contributed by atoms with van der Waals surface area (Å²) in [5.41, 5.74) is 2.05. The molecule has 54 heavy (non-hydrogen) atoms. The lowest BCUT2D eigenvalue weighted by Gasteiger charge is -2.48. The molecule has 10 nitrogen and oxygen atoms in total. The number of carbonyl (C=O) groups excluding carboxylic acids is 2. The third-order valence-electron chi connectivity index (χ3n) is 13.3. The number of aryl methyl sites for hydroxylation is 1. The highest BCUT2D eigenvalue weighted by Gasteiger charge is 2.49. The lowest BCUT2D eigenvalue weighted by atomic mass is 9.64. The first-order chi connectivity index (χ1) is 25.4. The molecule has 8 rings (SSSR count). The van der Waals surface area contributed by atoms with Crippen LogP contribution in [0, 0.1) is 29.6 Å². The summed E-state index contributed by atoms with van der Waals surface area (Å²) in [6, 6.07) is 11.3. The number of sulfonamides is 1. The third-order valence-corrected chi connectivity index (χ3v) is 15.4. The van der Waals surface area contributed by atoms with Gasteiger partial charge in [-0.05, 0) is 137 Å². The third kappa shape index (κ3) is 7.85. The van der Waals surface area contributed by atoms with Gasteiger partial charge in [0, 0.05) is 55.2 Å². The molecule has 2 saturated heterocycles. The summed E-state index contributed by atoms with van der Waals surface area (Å²) in [6.45, 7) is 10.3. The van der Waals surface area contributed by atoms with Crippen LogP contribution in [0.25, 0.3) is 0 Å². The number of aldehydes is 1. The topological polar surface area (TPSA) is 117 Å². The predicted octanol–water partition coefficient (Wildman–Crippen LogP) is 5.87. The number of hydrogen-bond acceptors (Lipinski definition) is 9. The van der Waals surface area contributed by atoms with Gasteiger partial charge in [0.05, 0.1) is 17.5 Å². The van der Waals surface area contributed by atoms with Crippen molar-refractivity contribution in [2.45, 2.75) is 76.1 Å². The second kappa shape index (κ2) is 16.3. The highest BCUT2D eigenvalue weighted by molar-refractivity contribution is 7.90. The Morgan fingerprint density at radius 2 is 1.80 bits per heavy atom. The molecule has 296 valence electrons. The van der Waals surface area contributed by atoms with E-state index in [4.69, 9.17) is 21.1 Å². The molecular formula is C42H59ClN4O6S. The molecule has 4 aliphatic heterocycles. The Balaban J connectivity index is 0.000000432. The van der Waals surface area contributed by atoms with Crippen LogP contribution in [0.5, 0.6) is 5.75 Å². The fourth-order valence-corrected chi connectivity index (χ4v) is 11.3. The molecule has 2 aromatic rings. The highest BCUT2D eigenvalue weighted by Crippen LogP contribution is 2.48. The Hall–Kier alpha value is -2.96. The van der Waals surface area contributed by atoms with Crippen molar-refractivity contribution >= 4 is 39.5 Å². The van der Waals surface area contributed by atoms with Crippen LogP contribution in [-0.4, -0.2) is 96.4 Å². The number of methoxy groups -OCH3 is 1. The predicted molar refractivity (Wildman–Crippen MR) is 215 cm³/mol. The van der Waals surface area contributed by atoms with E-state index < -0.39 is 26.8 Å². The van der Waals surface area contributed by atoms with Crippen LogP contribution in [0.15, 0.2) is 48.6 Å². The summed E-state index contributed by atoms with van der Waals surface area (Å²) in [4.78, 5) is 30.8. The van der Waals surface area contributed by atoms with E-state index in [1.54, 1.807) is 32.2 Å². The minimum Gasteiger partial charge on any atom is -0.490 e. The number of nitrogens with zero attached hydrogens (tertiary/aromatic N) is 2. The average molecular weight is 783 g/mol. The number of hydrogen-bond donors (Lipinski definition) is 2. The highest BCUT2D eigenvalue weighted by atomic mass is 35.5. The van der Waals surface area contributed by atoms with Gasteiger partial charge in [-0.25, -0.2) is 13.1 Å². The van der Waals surface area contributed by atoms with Crippen molar-refractivity contribution < 1.29 is 27.5 Å². The summed E-state index contributed by atoms with van der Waals surface area (Å²) in [6.07, 6.45) is 9.65. The first-order valence-electron chi connectivity index (χ1n) is 19.3. The monoisotopic (exact) mass is 782 g/mol. The molecule has 12 heteroatoms. The number of benzene rings is 2. The van der Waals surface area contributed by atoms with Gasteiger partial charge in [-0.3, -0.25) is 9.59 Å². The molecule has 2 aliphatic carbocycles. The number of carbonyl (C=O) groups is 2. The number of rotatable bonds is 2. The van der Waals surface area contributed by atoms with Gasteiger partial charge in [-0.2, -0.15) is 0 Å². The zero-order valence-corrected chi connectivity index (χ0v) is 33.1. The molecule has 6 aliphatic rings. The van der Waals surface area contributed by atoms with Crippen molar-refractivity contribution in [3.8, 4) is 5.75 Å². The summed E-state index contributed by atoms with van der Waals surface area (Å²) in [5.74, 6) is 1.73. The number of halogens is 1. The number of fused-ring (bicyclic) bond motifs is 5. The number of amides is 1. The number of nitrogens with one attached hydrogen (secondary N) is 2. The second-order valence-electron chi connectivity index (χ2n) is 16.6. The summed E-state index contributed by atoms with van der Waals surface area (Å²) >= 11 is 6.40.